The zero-order valence-electron chi connectivity index (χ0n) is 13.5. The van der Waals surface area contributed by atoms with E-state index in [-0.39, 0.29) is 12.1 Å². The molecule has 0 heterocycles. The molecule has 3 heteroatoms. The number of hydrogen-bond acceptors (Lipinski definition) is 3. The van der Waals surface area contributed by atoms with E-state index in [1.165, 1.54) is 6.42 Å². The van der Waals surface area contributed by atoms with Gasteiger partial charge in [0, 0.05) is 6.04 Å². The van der Waals surface area contributed by atoms with Crippen molar-refractivity contribution in [3.8, 4) is 11.5 Å². The lowest BCUT2D eigenvalue weighted by Gasteiger charge is -2.36. The van der Waals surface area contributed by atoms with E-state index >= 15 is 0 Å². The summed E-state index contributed by atoms with van der Waals surface area (Å²) in [5.41, 5.74) is 6.27. The van der Waals surface area contributed by atoms with Gasteiger partial charge in [0.05, 0.1) is 6.61 Å². The van der Waals surface area contributed by atoms with Gasteiger partial charge in [0.15, 0.2) is 11.5 Å². The van der Waals surface area contributed by atoms with Crippen LogP contribution in [0.2, 0.25) is 0 Å². The maximum atomic E-state index is 6.27. The van der Waals surface area contributed by atoms with Crippen LogP contribution in [0.3, 0.4) is 0 Å². The van der Waals surface area contributed by atoms with Gasteiger partial charge in [0.1, 0.15) is 6.10 Å². The summed E-state index contributed by atoms with van der Waals surface area (Å²) in [6, 6.07) is 8.05. The minimum absolute atomic E-state index is 0.0949. The molecule has 21 heavy (non-hydrogen) atoms. The van der Waals surface area contributed by atoms with Crippen LogP contribution in [0, 0.1) is 11.8 Å². The molecule has 0 radical (unpaired) electrons. The molecule has 1 saturated carbocycles. The summed E-state index contributed by atoms with van der Waals surface area (Å²) in [5.74, 6) is 3.06. The number of nitrogens with two attached hydrogens (primary N) is 1. The highest BCUT2D eigenvalue weighted by Crippen LogP contribution is 2.34. The lowest BCUT2D eigenvalue weighted by atomic mass is 9.78. The summed E-state index contributed by atoms with van der Waals surface area (Å²) < 4.78 is 12.0. The van der Waals surface area contributed by atoms with E-state index in [4.69, 9.17) is 15.2 Å². The second kappa shape index (κ2) is 7.69. The Balaban J connectivity index is 2.05. The van der Waals surface area contributed by atoms with Gasteiger partial charge in [0.25, 0.3) is 0 Å². The van der Waals surface area contributed by atoms with Crippen molar-refractivity contribution in [3.63, 3.8) is 0 Å². The minimum Gasteiger partial charge on any atom is -0.490 e. The first kappa shape index (κ1) is 16.2. The monoisotopic (exact) mass is 291 g/mol. The van der Waals surface area contributed by atoms with Crippen molar-refractivity contribution in [1.29, 1.82) is 0 Å². The average Bonchev–Trinajstić information content (AvgIpc) is 2.48. The van der Waals surface area contributed by atoms with Crippen LogP contribution in [0.25, 0.3) is 0 Å². The fraction of sp³-hybridized carbons (Fsp3) is 0.667. The Morgan fingerprint density at radius 2 is 1.90 bits per heavy atom. The molecule has 1 aliphatic rings. The predicted molar refractivity (Wildman–Crippen MR) is 86.8 cm³/mol. The van der Waals surface area contributed by atoms with Crippen LogP contribution in [0.15, 0.2) is 24.3 Å². The van der Waals surface area contributed by atoms with Crippen molar-refractivity contribution >= 4 is 0 Å². The van der Waals surface area contributed by atoms with Gasteiger partial charge in [-0.15, -0.1) is 0 Å². The smallest absolute Gasteiger partial charge is 0.161 e. The van der Waals surface area contributed by atoms with Gasteiger partial charge < -0.3 is 15.2 Å². The first-order chi connectivity index (χ1) is 10.1. The molecule has 0 amide bonds. The Kier molecular flexibility index (Phi) is 5.92. The van der Waals surface area contributed by atoms with E-state index in [1.54, 1.807) is 0 Å². The molecule has 1 aliphatic carbocycles. The lowest BCUT2D eigenvalue weighted by Crippen LogP contribution is -2.44. The molecule has 2 rings (SSSR count). The Hall–Kier alpha value is -1.22. The van der Waals surface area contributed by atoms with E-state index in [9.17, 15) is 0 Å². The first-order valence-corrected chi connectivity index (χ1v) is 8.25. The standard InChI is InChI=1S/C18H29NO2/c1-4-11-20-16-7-5-6-8-17(16)21-18-12-14(13(2)3)9-10-15(18)19/h5-8,13-15,18H,4,9-12,19H2,1-3H3. The molecule has 0 saturated heterocycles. The summed E-state index contributed by atoms with van der Waals surface area (Å²) in [7, 11) is 0. The fourth-order valence-electron chi connectivity index (χ4n) is 2.97. The molecule has 0 spiro atoms. The summed E-state index contributed by atoms with van der Waals surface area (Å²) in [4.78, 5) is 0. The first-order valence-electron chi connectivity index (χ1n) is 8.25. The van der Waals surface area contributed by atoms with E-state index in [0.29, 0.717) is 18.4 Å². The third-order valence-electron chi connectivity index (χ3n) is 4.42. The van der Waals surface area contributed by atoms with Gasteiger partial charge in [-0.2, -0.15) is 0 Å². The summed E-state index contributed by atoms with van der Waals surface area (Å²) in [6.45, 7) is 7.40. The van der Waals surface area contributed by atoms with Crippen LogP contribution in [-0.4, -0.2) is 18.8 Å². The fourth-order valence-corrected chi connectivity index (χ4v) is 2.97. The quantitative estimate of drug-likeness (QED) is 0.861. The van der Waals surface area contributed by atoms with Gasteiger partial charge in [-0.3, -0.25) is 0 Å². The second-order valence-corrected chi connectivity index (χ2v) is 6.43. The molecule has 118 valence electrons. The molecule has 1 aromatic rings. The third-order valence-corrected chi connectivity index (χ3v) is 4.42. The second-order valence-electron chi connectivity index (χ2n) is 6.43. The summed E-state index contributed by atoms with van der Waals surface area (Å²) in [5, 5.41) is 0. The minimum atomic E-state index is 0.0949. The molecule has 3 atom stereocenters. The van der Waals surface area contributed by atoms with E-state index < -0.39 is 0 Å². The largest absolute Gasteiger partial charge is 0.490 e. The van der Waals surface area contributed by atoms with Gasteiger partial charge >= 0.3 is 0 Å². The molecule has 2 N–H and O–H groups in total. The number of para-hydroxylation sites is 2. The van der Waals surface area contributed by atoms with Crippen LogP contribution in [0.5, 0.6) is 11.5 Å². The van der Waals surface area contributed by atoms with Gasteiger partial charge in [-0.05, 0) is 49.7 Å². The van der Waals surface area contributed by atoms with Crippen molar-refractivity contribution in [1.82, 2.24) is 0 Å². The van der Waals surface area contributed by atoms with Crippen LogP contribution < -0.4 is 15.2 Å². The van der Waals surface area contributed by atoms with E-state index in [2.05, 4.69) is 20.8 Å². The van der Waals surface area contributed by atoms with Crippen LogP contribution >= 0.6 is 0 Å². The number of rotatable bonds is 6. The average molecular weight is 291 g/mol. The normalized spacial score (nSPS) is 25.9. The van der Waals surface area contributed by atoms with Crippen molar-refractivity contribution in [2.24, 2.45) is 17.6 Å². The van der Waals surface area contributed by atoms with E-state index in [1.807, 2.05) is 24.3 Å². The van der Waals surface area contributed by atoms with Crippen LogP contribution in [-0.2, 0) is 0 Å². The van der Waals surface area contributed by atoms with E-state index in [0.717, 1.165) is 30.8 Å². The third kappa shape index (κ3) is 4.37. The highest BCUT2D eigenvalue weighted by Gasteiger charge is 2.31. The number of ether oxygens (including phenoxy) is 2. The van der Waals surface area contributed by atoms with Gasteiger partial charge in [0.2, 0.25) is 0 Å². The number of hydrogen-bond donors (Lipinski definition) is 1. The Morgan fingerprint density at radius 1 is 1.19 bits per heavy atom. The Labute approximate surface area is 128 Å². The predicted octanol–water partition coefficient (Wildman–Crippen LogP) is 4.01. The molecule has 0 aliphatic heterocycles. The Morgan fingerprint density at radius 3 is 2.57 bits per heavy atom. The van der Waals surface area contributed by atoms with Crippen LogP contribution in [0.1, 0.15) is 46.5 Å². The maximum absolute atomic E-state index is 6.27. The lowest BCUT2D eigenvalue weighted by molar-refractivity contribution is 0.0833. The summed E-state index contributed by atoms with van der Waals surface area (Å²) >= 11 is 0. The SMILES string of the molecule is CCCOc1ccccc1OC1CC(C(C)C)CCC1N. The molecular weight excluding hydrogens is 262 g/mol. The van der Waals surface area contributed by atoms with Crippen molar-refractivity contribution in [2.45, 2.75) is 58.6 Å². The zero-order valence-corrected chi connectivity index (χ0v) is 13.5. The maximum Gasteiger partial charge on any atom is 0.161 e. The molecule has 0 aromatic heterocycles. The van der Waals surface area contributed by atoms with Gasteiger partial charge in [-0.25, -0.2) is 0 Å². The molecule has 1 aromatic carbocycles. The topological polar surface area (TPSA) is 44.5 Å². The highest BCUT2D eigenvalue weighted by atomic mass is 16.5. The Bertz CT molecular complexity index is 433. The molecule has 1 fully saturated rings. The molecule has 3 nitrogen and oxygen atoms in total. The zero-order chi connectivity index (χ0) is 15.2. The number of benzene rings is 1. The summed E-state index contributed by atoms with van der Waals surface area (Å²) in [6.07, 6.45) is 4.39. The molecule has 3 unspecified atom stereocenters. The van der Waals surface area contributed by atoms with Crippen molar-refractivity contribution < 1.29 is 9.47 Å². The van der Waals surface area contributed by atoms with Gasteiger partial charge in [-0.1, -0.05) is 32.9 Å². The molecule has 0 bridgehead atoms. The molecular formula is C18H29NO2. The highest BCUT2D eigenvalue weighted by molar-refractivity contribution is 5.39. The van der Waals surface area contributed by atoms with Crippen LogP contribution in [0.4, 0.5) is 0 Å². The van der Waals surface area contributed by atoms with Crippen molar-refractivity contribution in [2.75, 3.05) is 6.61 Å². The van der Waals surface area contributed by atoms with Crippen molar-refractivity contribution in [3.05, 3.63) is 24.3 Å².